The summed E-state index contributed by atoms with van der Waals surface area (Å²) in [7, 11) is 0. The molecular formula is C84H120N20O6. The van der Waals surface area contributed by atoms with Gasteiger partial charge in [0.2, 0.25) is 23.8 Å². The molecule has 0 saturated carbocycles. The van der Waals surface area contributed by atoms with E-state index in [4.69, 9.17) is 68.3 Å². The van der Waals surface area contributed by atoms with E-state index in [-0.39, 0.29) is 0 Å². The molecule has 592 valence electrons. The molecule has 20 heterocycles. The summed E-state index contributed by atoms with van der Waals surface area (Å²) in [5, 5.41) is 14.4. The summed E-state index contributed by atoms with van der Waals surface area (Å²) < 4.78 is 35.4. The standard InChI is InChI=1S/C84H120N20O6/c1-29-89-81(90-30-1)101-45-9-41-98-50-54-102(82-91-31-2-32-92-82)46-10-42-97(49-53-101)69-73-13-21-77(22-14-73)85-37-5-57-105-61-65-109-67-63-107-59-7-39-87-79-25-17-75(18-26-79)71-99-43-11-47-104(84-95-35-4-36-96-84)56-52-100(44-12-48-103(55-51-99)83-93-33-3-34-94-83)72-76-19-27-80(28-20-76)88-40-8-60-108-64-68-110-66-62-106-58-6-38-86-78-23-15-74(70-98)16-24-78/h1-4,13-36,85-88H,5-12,37-72H2. The third-order valence-corrected chi connectivity index (χ3v) is 19.8. The van der Waals surface area contributed by atoms with Gasteiger partial charge >= 0.3 is 0 Å². The van der Waals surface area contributed by atoms with E-state index in [0.29, 0.717) is 79.3 Å². The number of rotatable bonds is 4. The van der Waals surface area contributed by atoms with Crippen LogP contribution in [-0.4, -0.2) is 270 Å². The molecule has 2 fully saturated rings. The van der Waals surface area contributed by atoms with Gasteiger partial charge in [-0.05, 0) is 146 Å². The first kappa shape index (κ1) is 82.2. The van der Waals surface area contributed by atoms with Crippen LogP contribution in [0.15, 0.2) is 171 Å². The van der Waals surface area contributed by atoms with E-state index in [0.717, 1.165) is 255 Å². The Kier molecular flexibility index (Phi) is 36.9. The third-order valence-electron chi connectivity index (χ3n) is 19.8. The molecule has 8 aromatic rings. The van der Waals surface area contributed by atoms with E-state index in [1.54, 1.807) is 0 Å². The monoisotopic (exact) mass is 1500 g/mol. The van der Waals surface area contributed by atoms with E-state index in [1.807, 2.05) is 73.8 Å². The fourth-order valence-electron chi connectivity index (χ4n) is 13.8. The van der Waals surface area contributed by atoms with E-state index in [2.05, 4.69) is 158 Å². The Hall–Kier alpha value is -8.80. The van der Waals surface area contributed by atoms with Crippen molar-refractivity contribution in [1.29, 1.82) is 0 Å². The fraction of sp³-hybridized carbons (Fsp3) is 0.524. The molecule has 110 heavy (non-hydrogen) atoms. The Morgan fingerprint density at radius 1 is 0.209 bits per heavy atom. The van der Waals surface area contributed by atoms with Gasteiger partial charge < -0.3 is 69.3 Å². The summed E-state index contributed by atoms with van der Waals surface area (Å²) in [5.74, 6) is 3.10. The van der Waals surface area contributed by atoms with Crippen molar-refractivity contribution < 1.29 is 28.4 Å². The van der Waals surface area contributed by atoms with Crippen molar-refractivity contribution in [1.82, 2.24) is 59.5 Å². The van der Waals surface area contributed by atoms with Crippen LogP contribution in [0, 0.1) is 0 Å². The molecule has 26 heteroatoms. The van der Waals surface area contributed by atoms with Crippen LogP contribution in [0.3, 0.4) is 0 Å². The Morgan fingerprint density at radius 3 is 0.618 bits per heavy atom. The molecule has 4 aromatic heterocycles. The molecular weight excluding hydrogens is 1390 g/mol. The van der Waals surface area contributed by atoms with Crippen LogP contribution in [0.25, 0.3) is 0 Å². The first-order valence-corrected chi connectivity index (χ1v) is 40.3. The lowest BCUT2D eigenvalue weighted by atomic mass is 10.1. The van der Waals surface area contributed by atoms with E-state index in [9.17, 15) is 0 Å². The predicted octanol–water partition coefficient (Wildman–Crippen LogP) is 10.1. The number of hydrogen-bond acceptors (Lipinski definition) is 26. The van der Waals surface area contributed by atoms with Gasteiger partial charge in [-0.3, -0.25) is 19.6 Å². The first-order chi connectivity index (χ1) is 54.6. The van der Waals surface area contributed by atoms with Gasteiger partial charge in [-0.25, -0.2) is 39.9 Å². The molecule has 16 aliphatic heterocycles. The number of anilines is 8. The van der Waals surface area contributed by atoms with Crippen molar-refractivity contribution in [2.75, 3.05) is 251 Å². The molecule has 0 spiro atoms. The molecule has 24 rings (SSSR count). The van der Waals surface area contributed by atoms with Gasteiger partial charge in [0.15, 0.2) is 0 Å². The highest BCUT2D eigenvalue weighted by Gasteiger charge is 2.22. The zero-order valence-corrected chi connectivity index (χ0v) is 64.9. The van der Waals surface area contributed by atoms with Crippen molar-refractivity contribution in [3.63, 3.8) is 0 Å². The van der Waals surface area contributed by atoms with Gasteiger partial charge in [0.1, 0.15) is 0 Å². The number of benzene rings is 4. The van der Waals surface area contributed by atoms with E-state index < -0.39 is 0 Å². The van der Waals surface area contributed by atoms with Crippen molar-refractivity contribution in [2.24, 2.45) is 0 Å². The van der Waals surface area contributed by atoms with Crippen LogP contribution in [0.1, 0.15) is 73.6 Å². The fourth-order valence-corrected chi connectivity index (χ4v) is 13.8. The topological polar surface area (TPSA) is 233 Å². The maximum Gasteiger partial charge on any atom is 0.225 e. The molecule has 0 radical (unpaired) electrons. The Morgan fingerprint density at radius 2 is 0.409 bits per heavy atom. The van der Waals surface area contributed by atoms with Crippen LogP contribution in [0.5, 0.6) is 0 Å². The molecule has 4 unspecified atom stereocenters. The maximum absolute atomic E-state index is 5.94. The Balaban J connectivity index is 0.662. The normalized spacial score (nSPS) is 21.3. The second-order valence-corrected chi connectivity index (χ2v) is 28.2. The molecule has 16 aliphatic rings. The van der Waals surface area contributed by atoms with Crippen LogP contribution in [-0.2, 0) is 54.6 Å². The van der Waals surface area contributed by atoms with Crippen molar-refractivity contribution in [2.45, 2.75) is 77.5 Å². The predicted molar refractivity (Wildman–Crippen MR) is 440 cm³/mol. The SMILES string of the molecule is c1cnc(N2CCCN3CCN(c4ncccn4)CCCN(CC2)Cc2ccc(cc2)NCCCOCCOCCOCCCNc2ccc(cc2)CN2CCCN(c4ncccn4)CCN(CCCN(c4ncccn4)CC2)Cc2ccc(cc2)NCCCOCCOCCOCCCNc2ccc(cc2)C3)nc1. The zero-order valence-electron chi connectivity index (χ0n) is 64.9. The summed E-state index contributed by atoms with van der Waals surface area (Å²) in [6.07, 6.45) is 22.2. The van der Waals surface area contributed by atoms with Crippen LogP contribution in [0.4, 0.5) is 46.5 Å². The second kappa shape index (κ2) is 49.5. The lowest BCUT2D eigenvalue weighted by Crippen LogP contribution is -2.41. The Bertz CT molecular complexity index is 3180. The molecule has 4 aromatic carbocycles. The molecule has 2 saturated heterocycles. The second-order valence-electron chi connectivity index (χ2n) is 28.2. The van der Waals surface area contributed by atoms with Crippen LogP contribution in [0.2, 0.25) is 0 Å². The van der Waals surface area contributed by atoms with Gasteiger partial charge in [0, 0.05) is 256 Å². The number of nitrogens with one attached hydrogen (secondary N) is 4. The van der Waals surface area contributed by atoms with E-state index >= 15 is 0 Å². The van der Waals surface area contributed by atoms with Crippen molar-refractivity contribution in [3.05, 3.63) is 193 Å². The molecule has 12 bridgehead atoms. The van der Waals surface area contributed by atoms with Crippen molar-refractivity contribution >= 4 is 46.5 Å². The van der Waals surface area contributed by atoms with Crippen molar-refractivity contribution in [3.8, 4) is 0 Å². The molecule has 4 N–H and O–H groups in total. The lowest BCUT2D eigenvalue weighted by molar-refractivity contribution is 0.0145. The van der Waals surface area contributed by atoms with Crippen LogP contribution < -0.4 is 40.9 Å². The average Bonchev–Trinajstić information content (AvgIpc) is 0.872. The quantitative estimate of drug-likeness (QED) is 0.128. The maximum atomic E-state index is 5.94. The van der Waals surface area contributed by atoms with Gasteiger partial charge in [0.25, 0.3) is 0 Å². The smallest absolute Gasteiger partial charge is 0.225 e. The Labute approximate surface area is 653 Å². The molecule has 0 aliphatic carbocycles. The molecule has 26 nitrogen and oxygen atoms in total. The summed E-state index contributed by atoms with van der Waals surface area (Å²) in [6.45, 7) is 27.5. The summed E-state index contributed by atoms with van der Waals surface area (Å²) in [4.78, 5) is 57.7. The minimum Gasteiger partial charge on any atom is -0.385 e. The number of aromatic nitrogens is 8. The first-order valence-electron chi connectivity index (χ1n) is 40.3. The van der Waals surface area contributed by atoms with E-state index in [1.165, 1.54) is 22.3 Å². The number of ether oxygens (including phenoxy) is 6. The summed E-state index contributed by atoms with van der Waals surface area (Å²) in [5.41, 5.74) is 9.53. The highest BCUT2D eigenvalue weighted by Crippen LogP contribution is 2.21. The number of hydrogen-bond donors (Lipinski definition) is 4. The minimum atomic E-state index is 0.542. The van der Waals surface area contributed by atoms with Gasteiger partial charge in [-0.1, -0.05) is 48.5 Å². The summed E-state index contributed by atoms with van der Waals surface area (Å²) >= 11 is 0. The largest absolute Gasteiger partial charge is 0.385 e. The third kappa shape index (κ3) is 31.2. The lowest BCUT2D eigenvalue weighted by Gasteiger charge is -2.32. The summed E-state index contributed by atoms with van der Waals surface area (Å²) in [6, 6.07) is 43.2. The van der Waals surface area contributed by atoms with Crippen LogP contribution >= 0.6 is 0 Å². The molecule has 4 atom stereocenters. The highest BCUT2D eigenvalue weighted by atomic mass is 16.5. The van der Waals surface area contributed by atoms with Gasteiger partial charge in [-0.2, -0.15) is 0 Å². The average molecular weight is 1510 g/mol. The zero-order chi connectivity index (χ0) is 75.2. The van der Waals surface area contributed by atoms with Gasteiger partial charge in [0.05, 0.1) is 52.9 Å². The highest BCUT2D eigenvalue weighted by molar-refractivity contribution is 5.47. The minimum absolute atomic E-state index is 0.542. The molecule has 0 amide bonds. The number of nitrogens with zero attached hydrogens (tertiary/aromatic N) is 16. The van der Waals surface area contributed by atoms with Gasteiger partial charge in [-0.15, -0.1) is 0 Å².